The Labute approximate surface area is 102 Å². The lowest BCUT2D eigenvalue weighted by atomic mass is 10.3. The van der Waals surface area contributed by atoms with Crippen LogP contribution in [0.25, 0.3) is 0 Å². The van der Waals surface area contributed by atoms with Crippen LogP contribution in [-0.4, -0.2) is 25.4 Å². The zero-order chi connectivity index (χ0) is 12.3. The summed E-state index contributed by atoms with van der Waals surface area (Å²) in [4.78, 5) is 0. The molecule has 0 spiro atoms. The standard InChI is InChI=1S/C9H11BrFNO3S/c1-6(5-13)16(14,15)12-7-2-3-9(11)8(10)4-7/h2-4,6,12-13H,5H2,1H3. The number of benzene rings is 1. The van der Waals surface area contributed by atoms with Crippen LogP contribution in [-0.2, 0) is 10.0 Å². The molecule has 0 saturated carbocycles. The molecule has 90 valence electrons. The van der Waals surface area contributed by atoms with E-state index in [0.717, 1.165) is 6.07 Å². The highest BCUT2D eigenvalue weighted by molar-refractivity contribution is 9.10. The zero-order valence-corrected chi connectivity index (χ0v) is 10.8. The van der Waals surface area contributed by atoms with Crippen molar-refractivity contribution in [3.63, 3.8) is 0 Å². The SMILES string of the molecule is CC(CO)S(=O)(=O)Nc1ccc(F)c(Br)c1. The average molecular weight is 312 g/mol. The number of aliphatic hydroxyl groups is 1. The van der Waals surface area contributed by atoms with E-state index < -0.39 is 27.7 Å². The van der Waals surface area contributed by atoms with Gasteiger partial charge in [-0.15, -0.1) is 0 Å². The molecule has 2 N–H and O–H groups in total. The Balaban J connectivity index is 2.93. The minimum absolute atomic E-state index is 0.171. The highest BCUT2D eigenvalue weighted by atomic mass is 79.9. The van der Waals surface area contributed by atoms with E-state index in [2.05, 4.69) is 20.7 Å². The van der Waals surface area contributed by atoms with E-state index in [-0.39, 0.29) is 10.2 Å². The highest BCUT2D eigenvalue weighted by Crippen LogP contribution is 2.21. The topological polar surface area (TPSA) is 66.4 Å². The van der Waals surface area contributed by atoms with Crippen molar-refractivity contribution in [2.24, 2.45) is 0 Å². The number of aliphatic hydroxyl groups excluding tert-OH is 1. The van der Waals surface area contributed by atoms with Gasteiger partial charge in [-0.1, -0.05) is 0 Å². The van der Waals surface area contributed by atoms with Crippen molar-refractivity contribution >= 4 is 31.6 Å². The lowest BCUT2D eigenvalue weighted by Crippen LogP contribution is -2.28. The Bertz CT molecular complexity index is 478. The van der Waals surface area contributed by atoms with Gasteiger partial charge in [0.25, 0.3) is 0 Å². The molecule has 0 fully saturated rings. The van der Waals surface area contributed by atoms with Gasteiger partial charge in [0.15, 0.2) is 0 Å². The van der Waals surface area contributed by atoms with Crippen LogP contribution in [0.1, 0.15) is 6.92 Å². The molecule has 0 bridgehead atoms. The molecule has 4 nitrogen and oxygen atoms in total. The van der Waals surface area contributed by atoms with E-state index in [4.69, 9.17) is 5.11 Å². The minimum Gasteiger partial charge on any atom is -0.395 e. The smallest absolute Gasteiger partial charge is 0.237 e. The molecule has 1 rings (SSSR count). The van der Waals surface area contributed by atoms with Gasteiger partial charge in [-0.2, -0.15) is 0 Å². The summed E-state index contributed by atoms with van der Waals surface area (Å²) in [6, 6.07) is 3.77. The lowest BCUT2D eigenvalue weighted by Gasteiger charge is -2.12. The summed E-state index contributed by atoms with van der Waals surface area (Å²) < 4.78 is 38.4. The van der Waals surface area contributed by atoms with E-state index in [1.54, 1.807) is 0 Å². The van der Waals surface area contributed by atoms with Crippen molar-refractivity contribution in [2.45, 2.75) is 12.2 Å². The van der Waals surface area contributed by atoms with E-state index >= 15 is 0 Å². The van der Waals surface area contributed by atoms with Crippen LogP contribution in [0.4, 0.5) is 10.1 Å². The van der Waals surface area contributed by atoms with Gasteiger partial charge in [0, 0.05) is 5.69 Å². The number of sulfonamides is 1. The predicted molar refractivity (Wildman–Crippen MR) is 63.2 cm³/mol. The fourth-order valence-electron chi connectivity index (χ4n) is 0.923. The maximum absolute atomic E-state index is 12.9. The summed E-state index contributed by atoms with van der Waals surface area (Å²) in [6.45, 7) is 0.901. The third kappa shape index (κ3) is 3.16. The average Bonchev–Trinajstić information content (AvgIpc) is 2.22. The van der Waals surface area contributed by atoms with Crippen LogP contribution < -0.4 is 4.72 Å². The first-order chi connectivity index (χ1) is 7.36. The third-order valence-electron chi connectivity index (χ3n) is 1.97. The molecular formula is C9H11BrFNO3S. The molecule has 0 aliphatic heterocycles. The Morgan fingerprint density at radius 1 is 1.56 bits per heavy atom. The van der Waals surface area contributed by atoms with Crippen LogP contribution in [0.2, 0.25) is 0 Å². The maximum atomic E-state index is 12.9. The number of hydrogen-bond donors (Lipinski definition) is 2. The maximum Gasteiger partial charge on any atom is 0.237 e. The number of halogens is 2. The van der Waals surface area contributed by atoms with Crippen molar-refractivity contribution in [3.8, 4) is 0 Å². The number of nitrogens with one attached hydrogen (secondary N) is 1. The Morgan fingerprint density at radius 2 is 2.19 bits per heavy atom. The quantitative estimate of drug-likeness (QED) is 0.889. The second-order valence-corrected chi connectivity index (χ2v) is 6.22. The third-order valence-corrected chi connectivity index (χ3v) is 4.30. The van der Waals surface area contributed by atoms with Gasteiger partial charge in [-0.25, -0.2) is 12.8 Å². The van der Waals surface area contributed by atoms with Crippen LogP contribution in [0.3, 0.4) is 0 Å². The molecule has 0 aliphatic rings. The minimum atomic E-state index is -3.64. The van der Waals surface area contributed by atoms with Crippen LogP contribution in [0, 0.1) is 5.82 Å². The molecule has 1 aromatic rings. The van der Waals surface area contributed by atoms with E-state index in [1.807, 2.05) is 0 Å². The molecule has 0 aromatic heterocycles. The van der Waals surface area contributed by atoms with Crippen molar-refractivity contribution in [3.05, 3.63) is 28.5 Å². The largest absolute Gasteiger partial charge is 0.395 e. The summed E-state index contributed by atoms with van der Waals surface area (Å²) in [5.74, 6) is -0.474. The van der Waals surface area contributed by atoms with Gasteiger partial charge in [-0.05, 0) is 41.1 Å². The monoisotopic (exact) mass is 311 g/mol. The van der Waals surface area contributed by atoms with Crippen LogP contribution >= 0.6 is 15.9 Å². The molecule has 0 saturated heterocycles. The number of hydrogen-bond acceptors (Lipinski definition) is 3. The summed E-state index contributed by atoms with van der Waals surface area (Å²) >= 11 is 2.95. The lowest BCUT2D eigenvalue weighted by molar-refractivity contribution is 0.296. The van der Waals surface area contributed by atoms with Crippen molar-refractivity contribution in [1.82, 2.24) is 0 Å². The zero-order valence-electron chi connectivity index (χ0n) is 8.44. The molecule has 0 heterocycles. The Morgan fingerprint density at radius 3 is 2.69 bits per heavy atom. The Kier molecular flexibility index (Phi) is 4.28. The second kappa shape index (κ2) is 5.11. The molecule has 7 heteroatoms. The van der Waals surface area contributed by atoms with Gasteiger partial charge in [-0.3, -0.25) is 4.72 Å². The van der Waals surface area contributed by atoms with Gasteiger partial charge < -0.3 is 5.11 Å². The highest BCUT2D eigenvalue weighted by Gasteiger charge is 2.19. The van der Waals surface area contributed by atoms with Crippen LogP contribution in [0.5, 0.6) is 0 Å². The first kappa shape index (κ1) is 13.4. The molecule has 0 aliphatic carbocycles. The predicted octanol–water partition coefficient (Wildman–Crippen LogP) is 1.71. The number of rotatable bonds is 4. The molecule has 0 radical (unpaired) electrons. The summed E-state index contributed by atoms with van der Waals surface area (Å²) in [7, 11) is -3.64. The van der Waals surface area contributed by atoms with E-state index in [9.17, 15) is 12.8 Å². The van der Waals surface area contributed by atoms with Crippen molar-refractivity contribution in [1.29, 1.82) is 0 Å². The van der Waals surface area contributed by atoms with Gasteiger partial charge in [0.2, 0.25) is 10.0 Å². The Hall–Kier alpha value is -0.660. The summed E-state index contributed by atoms with van der Waals surface area (Å²) in [5, 5.41) is 7.84. The first-order valence-electron chi connectivity index (χ1n) is 4.44. The second-order valence-electron chi connectivity index (χ2n) is 3.27. The molecule has 1 aromatic carbocycles. The van der Waals surface area contributed by atoms with Crippen molar-refractivity contribution in [2.75, 3.05) is 11.3 Å². The summed E-state index contributed by atoms with van der Waals surface area (Å²) in [5.41, 5.74) is 0.244. The number of anilines is 1. The van der Waals surface area contributed by atoms with Gasteiger partial charge in [0.1, 0.15) is 11.1 Å². The molecule has 0 amide bonds. The summed E-state index contributed by atoms with van der Waals surface area (Å²) in [6.07, 6.45) is 0. The van der Waals surface area contributed by atoms with Crippen LogP contribution in [0.15, 0.2) is 22.7 Å². The molecular weight excluding hydrogens is 301 g/mol. The van der Waals surface area contributed by atoms with E-state index in [1.165, 1.54) is 19.1 Å². The van der Waals surface area contributed by atoms with Crippen molar-refractivity contribution < 1.29 is 17.9 Å². The molecule has 1 atom stereocenters. The normalized spacial score (nSPS) is 13.5. The first-order valence-corrected chi connectivity index (χ1v) is 6.78. The fourth-order valence-corrected chi connectivity index (χ4v) is 2.15. The van der Waals surface area contributed by atoms with Gasteiger partial charge in [0.05, 0.1) is 11.1 Å². The van der Waals surface area contributed by atoms with Gasteiger partial charge >= 0.3 is 0 Å². The molecule has 1 unspecified atom stereocenters. The molecule has 16 heavy (non-hydrogen) atoms. The fraction of sp³-hybridized carbons (Fsp3) is 0.333. The van der Waals surface area contributed by atoms with E-state index in [0.29, 0.717) is 0 Å².